The summed E-state index contributed by atoms with van der Waals surface area (Å²) in [5.74, 6) is 1.02. The van der Waals surface area contributed by atoms with Gasteiger partial charge in [0.25, 0.3) is 0 Å². The Labute approximate surface area is 104 Å². The molecule has 0 spiro atoms. The maximum absolute atomic E-state index is 11.4. The van der Waals surface area contributed by atoms with Gasteiger partial charge in [-0.25, -0.2) is 0 Å². The van der Waals surface area contributed by atoms with Crippen LogP contribution in [-0.2, 0) is 4.79 Å². The van der Waals surface area contributed by atoms with Crippen molar-refractivity contribution in [1.82, 2.24) is 15.1 Å². The minimum atomic E-state index is 0.225. The molecule has 2 aliphatic rings. The van der Waals surface area contributed by atoms with Gasteiger partial charge in [-0.1, -0.05) is 13.3 Å². The van der Waals surface area contributed by atoms with E-state index in [0.717, 1.165) is 51.6 Å². The Bertz CT molecular complexity index is 269. The number of hydrogen-bond acceptors (Lipinski definition) is 3. The lowest BCUT2D eigenvalue weighted by atomic mass is 9.99. The van der Waals surface area contributed by atoms with E-state index < -0.39 is 0 Å². The van der Waals surface area contributed by atoms with Crippen LogP contribution in [0.25, 0.3) is 0 Å². The van der Waals surface area contributed by atoms with Crippen LogP contribution >= 0.6 is 0 Å². The monoisotopic (exact) mass is 239 g/mol. The summed E-state index contributed by atoms with van der Waals surface area (Å²) < 4.78 is 0. The van der Waals surface area contributed by atoms with Crippen molar-refractivity contribution in [3.05, 3.63) is 0 Å². The molecule has 98 valence electrons. The van der Waals surface area contributed by atoms with Gasteiger partial charge in [0.2, 0.25) is 5.91 Å². The van der Waals surface area contributed by atoms with E-state index in [9.17, 15) is 4.79 Å². The lowest BCUT2D eigenvalue weighted by Crippen LogP contribution is -2.43. The Kier molecular flexibility index (Phi) is 4.40. The topological polar surface area (TPSA) is 35.6 Å². The molecule has 17 heavy (non-hydrogen) atoms. The molecular formula is C13H25N3O. The fourth-order valence-electron chi connectivity index (χ4n) is 3.15. The SMILES string of the molecule is CCC1CNCC1N1CCCN(C(C)=O)CC1. The van der Waals surface area contributed by atoms with Gasteiger partial charge in [0.05, 0.1) is 0 Å². The van der Waals surface area contributed by atoms with Crippen molar-refractivity contribution in [3.63, 3.8) is 0 Å². The summed E-state index contributed by atoms with van der Waals surface area (Å²) >= 11 is 0. The molecule has 2 atom stereocenters. The minimum absolute atomic E-state index is 0.225. The molecule has 0 radical (unpaired) electrons. The van der Waals surface area contributed by atoms with Crippen LogP contribution in [0.3, 0.4) is 0 Å². The Morgan fingerprint density at radius 3 is 2.76 bits per heavy atom. The second-order valence-corrected chi connectivity index (χ2v) is 5.29. The van der Waals surface area contributed by atoms with Gasteiger partial charge in [-0.05, 0) is 18.9 Å². The first-order valence-corrected chi connectivity index (χ1v) is 6.92. The molecule has 0 bridgehead atoms. The summed E-state index contributed by atoms with van der Waals surface area (Å²) in [7, 11) is 0. The highest BCUT2D eigenvalue weighted by Crippen LogP contribution is 2.20. The van der Waals surface area contributed by atoms with Crippen LogP contribution in [0.4, 0.5) is 0 Å². The molecule has 2 fully saturated rings. The predicted octanol–water partition coefficient (Wildman–Crippen LogP) is 0.539. The van der Waals surface area contributed by atoms with Gasteiger partial charge in [0, 0.05) is 45.7 Å². The summed E-state index contributed by atoms with van der Waals surface area (Å²) in [6.45, 7) is 10.3. The van der Waals surface area contributed by atoms with Crippen LogP contribution < -0.4 is 5.32 Å². The van der Waals surface area contributed by atoms with E-state index >= 15 is 0 Å². The fraction of sp³-hybridized carbons (Fsp3) is 0.923. The summed E-state index contributed by atoms with van der Waals surface area (Å²) in [6, 6.07) is 0.687. The van der Waals surface area contributed by atoms with E-state index in [1.165, 1.54) is 6.42 Å². The maximum Gasteiger partial charge on any atom is 0.219 e. The van der Waals surface area contributed by atoms with Gasteiger partial charge in [-0.2, -0.15) is 0 Å². The molecule has 0 aromatic rings. The van der Waals surface area contributed by atoms with Crippen molar-refractivity contribution in [2.45, 2.75) is 32.7 Å². The number of carbonyl (C=O) groups excluding carboxylic acids is 1. The molecule has 2 unspecified atom stereocenters. The predicted molar refractivity (Wildman–Crippen MR) is 68.9 cm³/mol. The lowest BCUT2D eigenvalue weighted by molar-refractivity contribution is -0.128. The molecule has 0 aromatic carbocycles. The van der Waals surface area contributed by atoms with Crippen LogP contribution in [0.2, 0.25) is 0 Å². The van der Waals surface area contributed by atoms with Gasteiger partial charge < -0.3 is 10.2 Å². The largest absolute Gasteiger partial charge is 0.342 e. The average molecular weight is 239 g/mol. The van der Waals surface area contributed by atoms with Crippen LogP contribution in [0.15, 0.2) is 0 Å². The molecule has 2 rings (SSSR count). The smallest absolute Gasteiger partial charge is 0.219 e. The Balaban J connectivity index is 1.92. The zero-order chi connectivity index (χ0) is 12.3. The second-order valence-electron chi connectivity index (χ2n) is 5.29. The summed E-state index contributed by atoms with van der Waals surface area (Å²) in [5, 5.41) is 3.50. The highest BCUT2D eigenvalue weighted by molar-refractivity contribution is 5.73. The number of nitrogens with zero attached hydrogens (tertiary/aromatic N) is 2. The van der Waals surface area contributed by atoms with Crippen molar-refractivity contribution in [3.8, 4) is 0 Å². The third-order valence-corrected chi connectivity index (χ3v) is 4.27. The van der Waals surface area contributed by atoms with Crippen LogP contribution in [0, 0.1) is 5.92 Å². The van der Waals surface area contributed by atoms with Gasteiger partial charge in [-0.3, -0.25) is 9.69 Å². The zero-order valence-corrected chi connectivity index (χ0v) is 11.1. The molecular weight excluding hydrogens is 214 g/mol. The zero-order valence-electron chi connectivity index (χ0n) is 11.1. The third-order valence-electron chi connectivity index (χ3n) is 4.27. The highest BCUT2D eigenvalue weighted by Gasteiger charge is 2.31. The Morgan fingerprint density at radius 2 is 2.06 bits per heavy atom. The molecule has 4 heteroatoms. The van der Waals surface area contributed by atoms with Gasteiger partial charge in [0.15, 0.2) is 0 Å². The highest BCUT2D eigenvalue weighted by atomic mass is 16.2. The molecule has 2 heterocycles. The molecule has 2 aliphatic heterocycles. The van der Waals surface area contributed by atoms with Gasteiger partial charge >= 0.3 is 0 Å². The molecule has 2 saturated heterocycles. The van der Waals surface area contributed by atoms with Gasteiger partial charge in [0.1, 0.15) is 0 Å². The Hall–Kier alpha value is -0.610. The van der Waals surface area contributed by atoms with Crippen molar-refractivity contribution < 1.29 is 4.79 Å². The first-order valence-electron chi connectivity index (χ1n) is 6.92. The van der Waals surface area contributed by atoms with Crippen molar-refractivity contribution in [1.29, 1.82) is 0 Å². The number of hydrogen-bond donors (Lipinski definition) is 1. The van der Waals surface area contributed by atoms with E-state index in [0.29, 0.717) is 6.04 Å². The summed E-state index contributed by atoms with van der Waals surface area (Å²) in [5.41, 5.74) is 0. The normalized spacial score (nSPS) is 31.5. The molecule has 0 aliphatic carbocycles. The summed E-state index contributed by atoms with van der Waals surface area (Å²) in [6.07, 6.45) is 2.37. The van der Waals surface area contributed by atoms with Crippen molar-refractivity contribution in [2.75, 3.05) is 39.3 Å². The minimum Gasteiger partial charge on any atom is -0.342 e. The molecule has 0 saturated carbocycles. The number of rotatable bonds is 2. The van der Waals surface area contributed by atoms with Gasteiger partial charge in [-0.15, -0.1) is 0 Å². The quantitative estimate of drug-likeness (QED) is 0.764. The van der Waals surface area contributed by atoms with Crippen LogP contribution in [0.5, 0.6) is 0 Å². The molecule has 0 aromatic heterocycles. The maximum atomic E-state index is 11.4. The van der Waals surface area contributed by atoms with Crippen molar-refractivity contribution in [2.24, 2.45) is 5.92 Å². The van der Waals surface area contributed by atoms with E-state index in [2.05, 4.69) is 17.1 Å². The first kappa shape index (κ1) is 12.8. The summed E-state index contributed by atoms with van der Waals surface area (Å²) in [4.78, 5) is 16.0. The van der Waals surface area contributed by atoms with Crippen LogP contribution in [0.1, 0.15) is 26.7 Å². The van der Waals surface area contributed by atoms with E-state index in [1.54, 1.807) is 6.92 Å². The standard InChI is InChI=1S/C13H25N3O/c1-3-12-9-14-10-13(12)16-6-4-5-15(7-8-16)11(2)17/h12-14H,3-10H2,1-2H3. The third kappa shape index (κ3) is 2.99. The Morgan fingerprint density at radius 1 is 1.24 bits per heavy atom. The van der Waals surface area contributed by atoms with E-state index in [4.69, 9.17) is 0 Å². The number of amides is 1. The van der Waals surface area contributed by atoms with Crippen LogP contribution in [-0.4, -0.2) is 61.0 Å². The molecule has 1 amide bonds. The first-order chi connectivity index (χ1) is 8.22. The van der Waals surface area contributed by atoms with E-state index in [1.807, 2.05) is 4.90 Å². The lowest BCUT2D eigenvalue weighted by Gasteiger charge is -2.30. The van der Waals surface area contributed by atoms with Crippen molar-refractivity contribution >= 4 is 5.91 Å². The number of carbonyl (C=O) groups is 1. The average Bonchev–Trinajstić information content (AvgIpc) is 2.65. The number of nitrogens with one attached hydrogen (secondary N) is 1. The van der Waals surface area contributed by atoms with E-state index in [-0.39, 0.29) is 5.91 Å². The fourth-order valence-corrected chi connectivity index (χ4v) is 3.15. The molecule has 4 nitrogen and oxygen atoms in total. The second kappa shape index (κ2) is 5.83. The molecule has 1 N–H and O–H groups in total.